The Balaban J connectivity index is 2.42. The van der Waals surface area contributed by atoms with Gasteiger partial charge < -0.3 is 15.8 Å². The summed E-state index contributed by atoms with van der Waals surface area (Å²) in [5, 5.41) is 13.5. The van der Waals surface area contributed by atoms with Gasteiger partial charge in [-0.2, -0.15) is 0 Å². The SMILES string of the molecule is CCOC(=O)C1=C(C)NC(N)=NC1c1ccc([N+](=O)[O-])cc1. The predicted molar refractivity (Wildman–Crippen MR) is 79.9 cm³/mol. The fraction of sp³-hybridized carbons (Fsp3) is 0.286. The maximum absolute atomic E-state index is 12.1. The van der Waals surface area contributed by atoms with Gasteiger partial charge in [0.05, 0.1) is 17.1 Å². The van der Waals surface area contributed by atoms with Crippen LogP contribution >= 0.6 is 0 Å². The Morgan fingerprint density at radius 3 is 2.64 bits per heavy atom. The van der Waals surface area contributed by atoms with E-state index in [1.807, 2.05) is 0 Å². The molecule has 1 aliphatic rings. The molecule has 2 rings (SSSR count). The Morgan fingerprint density at radius 1 is 1.45 bits per heavy atom. The third-order valence-electron chi connectivity index (χ3n) is 3.18. The van der Waals surface area contributed by atoms with Crippen LogP contribution < -0.4 is 11.1 Å². The Kier molecular flexibility index (Phi) is 4.40. The van der Waals surface area contributed by atoms with E-state index in [2.05, 4.69) is 10.3 Å². The lowest BCUT2D eigenvalue weighted by Crippen LogP contribution is -2.37. The number of carbonyl (C=O) groups is 1. The summed E-state index contributed by atoms with van der Waals surface area (Å²) >= 11 is 0. The maximum atomic E-state index is 12.1. The highest BCUT2D eigenvalue weighted by atomic mass is 16.6. The van der Waals surface area contributed by atoms with E-state index in [9.17, 15) is 14.9 Å². The van der Waals surface area contributed by atoms with Crippen LogP contribution in [-0.4, -0.2) is 23.5 Å². The predicted octanol–water partition coefficient (Wildman–Crippen LogP) is 1.39. The zero-order chi connectivity index (χ0) is 16.3. The number of non-ortho nitro benzene ring substituents is 1. The lowest BCUT2D eigenvalue weighted by atomic mass is 9.96. The van der Waals surface area contributed by atoms with Crippen molar-refractivity contribution in [2.24, 2.45) is 10.7 Å². The van der Waals surface area contributed by atoms with Gasteiger partial charge in [0.1, 0.15) is 6.04 Å². The van der Waals surface area contributed by atoms with E-state index in [1.54, 1.807) is 26.0 Å². The molecular weight excluding hydrogens is 288 g/mol. The van der Waals surface area contributed by atoms with E-state index in [0.29, 0.717) is 16.8 Å². The van der Waals surface area contributed by atoms with Crippen LogP contribution in [0.2, 0.25) is 0 Å². The Bertz CT molecular complexity index is 664. The zero-order valence-corrected chi connectivity index (χ0v) is 12.2. The summed E-state index contributed by atoms with van der Waals surface area (Å²) in [6, 6.07) is 5.18. The van der Waals surface area contributed by atoms with Crippen LogP contribution in [0, 0.1) is 10.1 Å². The highest BCUT2D eigenvalue weighted by molar-refractivity contribution is 5.94. The third kappa shape index (κ3) is 3.05. The van der Waals surface area contributed by atoms with Crippen molar-refractivity contribution in [3.63, 3.8) is 0 Å². The number of carbonyl (C=O) groups excluding carboxylic acids is 1. The van der Waals surface area contributed by atoms with Crippen LogP contribution in [0.4, 0.5) is 5.69 Å². The summed E-state index contributed by atoms with van der Waals surface area (Å²) in [6.45, 7) is 3.65. The summed E-state index contributed by atoms with van der Waals surface area (Å²) in [4.78, 5) is 26.6. The molecule has 8 heteroatoms. The molecule has 0 saturated carbocycles. The van der Waals surface area contributed by atoms with Gasteiger partial charge in [-0.25, -0.2) is 9.79 Å². The topological polar surface area (TPSA) is 120 Å². The van der Waals surface area contributed by atoms with Crippen molar-refractivity contribution in [1.29, 1.82) is 0 Å². The molecule has 0 spiro atoms. The van der Waals surface area contributed by atoms with Gasteiger partial charge in [-0.1, -0.05) is 0 Å². The monoisotopic (exact) mass is 304 g/mol. The summed E-state index contributed by atoms with van der Waals surface area (Å²) in [6.07, 6.45) is 0. The molecule has 0 aromatic heterocycles. The summed E-state index contributed by atoms with van der Waals surface area (Å²) in [7, 11) is 0. The molecular formula is C14H16N4O4. The van der Waals surface area contributed by atoms with Crippen molar-refractivity contribution >= 4 is 17.6 Å². The first kappa shape index (κ1) is 15.5. The molecule has 1 aliphatic heterocycles. The number of benzene rings is 1. The van der Waals surface area contributed by atoms with Gasteiger partial charge in [-0.3, -0.25) is 10.1 Å². The van der Waals surface area contributed by atoms with Crippen molar-refractivity contribution in [1.82, 2.24) is 5.32 Å². The third-order valence-corrected chi connectivity index (χ3v) is 3.18. The quantitative estimate of drug-likeness (QED) is 0.492. The molecule has 0 saturated heterocycles. The summed E-state index contributed by atoms with van der Waals surface area (Å²) in [5.41, 5.74) is 7.19. The van der Waals surface area contributed by atoms with E-state index in [4.69, 9.17) is 10.5 Å². The summed E-state index contributed by atoms with van der Waals surface area (Å²) < 4.78 is 5.05. The van der Waals surface area contributed by atoms with Crippen LogP contribution in [0.3, 0.4) is 0 Å². The second-order valence-corrected chi connectivity index (χ2v) is 4.65. The van der Waals surface area contributed by atoms with Crippen molar-refractivity contribution in [2.75, 3.05) is 6.61 Å². The summed E-state index contributed by atoms with van der Waals surface area (Å²) in [5.74, 6) is -0.319. The highest BCUT2D eigenvalue weighted by Gasteiger charge is 2.29. The molecule has 0 fully saturated rings. The number of esters is 1. The van der Waals surface area contributed by atoms with E-state index in [0.717, 1.165) is 0 Å². The molecule has 1 aromatic carbocycles. The molecule has 0 bridgehead atoms. The average Bonchev–Trinajstić information content (AvgIpc) is 2.46. The minimum Gasteiger partial charge on any atom is -0.463 e. The van der Waals surface area contributed by atoms with Crippen molar-refractivity contribution in [3.8, 4) is 0 Å². The van der Waals surface area contributed by atoms with Crippen LogP contribution in [0.1, 0.15) is 25.5 Å². The molecule has 116 valence electrons. The van der Waals surface area contributed by atoms with Crippen LogP contribution in [0.5, 0.6) is 0 Å². The van der Waals surface area contributed by atoms with Crippen LogP contribution in [0.25, 0.3) is 0 Å². The number of allylic oxidation sites excluding steroid dienone is 1. The molecule has 1 heterocycles. The van der Waals surface area contributed by atoms with Gasteiger partial charge in [0.2, 0.25) is 0 Å². The zero-order valence-electron chi connectivity index (χ0n) is 12.2. The fourth-order valence-corrected chi connectivity index (χ4v) is 2.19. The Hall–Kier alpha value is -2.90. The second kappa shape index (κ2) is 6.25. The van der Waals surface area contributed by atoms with E-state index in [1.165, 1.54) is 12.1 Å². The van der Waals surface area contributed by atoms with Crippen molar-refractivity contribution < 1.29 is 14.5 Å². The first-order valence-electron chi connectivity index (χ1n) is 6.66. The number of rotatable bonds is 4. The molecule has 0 amide bonds. The fourth-order valence-electron chi connectivity index (χ4n) is 2.19. The first-order valence-corrected chi connectivity index (χ1v) is 6.66. The molecule has 1 atom stereocenters. The molecule has 1 aromatic rings. The molecule has 1 unspecified atom stereocenters. The van der Waals surface area contributed by atoms with Gasteiger partial charge in [-0.15, -0.1) is 0 Å². The van der Waals surface area contributed by atoms with Crippen LogP contribution in [-0.2, 0) is 9.53 Å². The lowest BCUT2D eigenvalue weighted by molar-refractivity contribution is -0.384. The average molecular weight is 304 g/mol. The molecule has 3 N–H and O–H groups in total. The normalized spacial score (nSPS) is 17.5. The van der Waals surface area contributed by atoms with Crippen LogP contribution in [0.15, 0.2) is 40.5 Å². The number of hydrogen-bond donors (Lipinski definition) is 2. The van der Waals surface area contributed by atoms with Gasteiger partial charge in [0.25, 0.3) is 5.69 Å². The Labute approximate surface area is 126 Å². The van der Waals surface area contributed by atoms with E-state index in [-0.39, 0.29) is 18.3 Å². The number of nitrogens with one attached hydrogen (secondary N) is 1. The van der Waals surface area contributed by atoms with Gasteiger partial charge in [-0.05, 0) is 31.5 Å². The minimum absolute atomic E-state index is 0.0342. The Morgan fingerprint density at radius 2 is 2.09 bits per heavy atom. The van der Waals surface area contributed by atoms with E-state index < -0.39 is 16.9 Å². The van der Waals surface area contributed by atoms with Gasteiger partial charge in [0, 0.05) is 17.8 Å². The first-order chi connectivity index (χ1) is 10.4. The number of nitrogens with zero attached hydrogens (tertiary/aromatic N) is 2. The minimum atomic E-state index is -0.652. The van der Waals surface area contributed by atoms with Crippen molar-refractivity contribution in [2.45, 2.75) is 19.9 Å². The number of nitro benzene ring substituents is 1. The number of aliphatic imine (C=N–C) groups is 1. The van der Waals surface area contributed by atoms with Gasteiger partial charge in [0.15, 0.2) is 5.96 Å². The smallest absolute Gasteiger partial charge is 0.338 e. The number of nitro groups is 1. The molecule has 8 nitrogen and oxygen atoms in total. The number of ether oxygens (including phenoxy) is 1. The molecule has 0 radical (unpaired) electrons. The lowest BCUT2D eigenvalue weighted by Gasteiger charge is -2.24. The second-order valence-electron chi connectivity index (χ2n) is 4.65. The standard InChI is InChI=1S/C14H16N4O4/c1-3-22-13(19)11-8(2)16-14(15)17-12(11)9-4-6-10(7-5-9)18(20)21/h4-7,12H,3H2,1-2H3,(H3,15,16,17). The highest BCUT2D eigenvalue weighted by Crippen LogP contribution is 2.31. The largest absolute Gasteiger partial charge is 0.463 e. The maximum Gasteiger partial charge on any atom is 0.338 e. The number of guanidine groups is 1. The molecule has 0 aliphatic carbocycles. The van der Waals surface area contributed by atoms with Gasteiger partial charge >= 0.3 is 5.97 Å². The number of hydrogen-bond acceptors (Lipinski definition) is 7. The number of nitrogens with two attached hydrogens (primary N) is 1. The van der Waals surface area contributed by atoms with Crippen molar-refractivity contribution in [3.05, 3.63) is 51.2 Å². The molecule has 22 heavy (non-hydrogen) atoms. The van der Waals surface area contributed by atoms with E-state index >= 15 is 0 Å².